The summed E-state index contributed by atoms with van der Waals surface area (Å²) in [4.78, 5) is 17.7. The third kappa shape index (κ3) is 2.95. The molecular weight excluding hydrogens is 280 g/mol. The summed E-state index contributed by atoms with van der Waals surface area (Å²) in [6.07, 6.45) is 1.82. The van der Waals surface area contributed by atoms with E-state index in [0.29, 0.717) is 16.6 Å². The Labute approximate surface area is 127 Å². The van der Waals surface area contributed by atoms with Gasteiger partial charge < -0.3 is 0 Å². The van der Waals surface area contributed by atoms with Crippen LogP contribution < -0.4 is 5.32 Å². The van der Waals surface area contributed by atoms with Gasteiger partial charge >= 0.3 is 0 Å². The first-order valence-corrected chi connectivity index (χ1v) is 7.71. The van der Waals surface area contributed by atoms with Gasteiger partial charge in [-0.15, -0.1) is 11.3 Å². The number of thiazole rings is 1. The molecule has 3 rings (SSSR count). The topological polar surface area (TPSA) is 42.0 Å². The normalized spacial score (nSPS) is 11.0. The zero-order chi connectivity index (χ0) is 14.8. The van der Waals surface area contributed by atoms with Crippen LogP contribution in [0.25, 0.3) is 10.8 Å². The van der Waals surface area contributed by atoms with Gasteiger partial charge in [0.1, 0.15) is 0 Å². The second-order valence-electron chi connectivity index (χ2n) is 5.24. The van der Waals surface area contributed by atoms with Gasteiger partial charge in [-0.1, -0.05) is 44.2 Å². The monoisotopic (exact) mass is 296 g/mol. The van der Waals surface area contributed by atoms with Gasteiger partial charge in [0.2, 0.25) is 0 Å². The maximum Gasteiger partial charge on any atom is 0.257 e. The van der Waals surface area contributed by atoms with Crippen molar-refractivity contribution < 1.29 is 4.79 Å². The minimum absolute atomic E-state index is 0.120. The largest absolute Gasteiger partial charge is 0.298 e. The van der Waals surface area contributed by atoms with Gasteiger partial charge in [0.05, 0.1) is 0 Å². The van der Waals surface area contributed by atoms with Crippen molar-refractivity contribution in [2.75, 3.05) is 5.32 Å². The third-order valence-electron chi connectivity index (χ3n) is 3.32. The van der Waals surface area contributed by atoms with E-state index in [-0.39, 0.29) is 5.91 Å². The van der Waals surface area contributed by atoms with E-state index in [9.17, 15) is 4.79 Å². The Morgan fingerprint density at radius 2 is 1.90 bits per heavy atom. The summed E-state index contributed by atoms with van der Waals surface area (Å²) >= 11 is 1.52. The molecule has 21 heavy (non-hydrogen) atoms. The predicted octanol–water partition coefficient (Wildman–Crippen LogP) is 4.67. The molecule has 1 heterocycles. The van der Waals surface area contributed by atoms with Crippen LogP contribution in [0.4, 0.5) is 5.13 Å². The van der Waals surface area contributed by atoms with E-state index in [1.165, 1.54) is 16.2 Å². The molecule has 1 amide bonds. The molecule has 0 aliphatic carbocycles. The maximum atomic E-state index is 12.3. The summed E-state index contributed by atoms with van der Waals surface area (Å²) in [6, 6.07) is 13.7. The molecule has 0 saturated carbocycles. The summed E-state index contributed by atoms with van der Waals surface area (Å²) in [7, 11) is 0. The molecule has 0 aliphatic rings. The first-order chi connectivity index (χ1) is 10.1. The van der Waals surface area contributed by atoms with Gasteiger partial charge in [0, 0.05) is 16.6 Å². The van der Waals surface area contributed by atoms with Crippen molar-refractivity contribution in [3.8, 4) is 0 Å². The van der Waals surface area contributed by atoms with Gasteiger partial charge in [-0.3, -0.25) is 10.1 Å². The van der Waals surface area contributed by atoms with E-state index in [0.717, 1.165) is 10.8 Å². The minimum atomic E-state index is -0.120. The zero-order valence-corrected chi connectivity index (χ0v) is 12.8. The number of nitrogens with one attached hydrogen (secondary N) is 1. The highest BCUT2D eigenvalue weighted by atomic mass is 32.1. The highest BCUT2D eigenvalue weighted by molar-refractivity contribution is 7.15. The molecule has 0 spiro atoms. The van der Waals surface area contributed by atoms with Crippen LogP contribution in [0.5, 0.6) is 0 Å². The van der Waals surface area contributed by atoms with Crippen LogP contribution in [0.3, 0.4) is 0 Å². The molecule has 0 saturated heterocycles. The van der Waals surface area contributed by atoms with Crippen LogP contribution in [0.1, 0.15) is 35.0 Å². The molecule has 0 radical (unpaired) electrons. The summed E-state index contributed by atoms with van der Waals surface area (Å²) < 4.78 is 0. The fourth-order valence-electron chi connectivity index (χ4n) is 2.11. The number of carbonyl (C=O) groups excluding carboxylic acids is 1. The Morgan fingerprint density at radius 1 is 1.14 bits per heavy atom. The van der Waals surface area contributed by atoms with Crippen molar-refractivity contribution in [3.05, 3.63) is 59.1 Å². The van der Waals surface area contributed by atoms with Crippen molar-refractivity contribution in [1.82, 2.24) is 4.98 Å². The Hall–Kier alpha value is -2.20. The van der Waals surface area contributed by atoms with Crippen molar-refractivity contribution in [2.24, 2.45) is 0 Å². The number of rotatable bonds is 3. The lowest BCUT2D eigenvalue weighted by Gasteiger charge is -2.04. The number of aromatic nitrogens is 1. The van der Waals surface area contributed by atoms with E-state index in [2.05, 4.69) is 24.1 Å². The quantitative estimate of drug-likeness (QED) is 0.763. The van der Waals surface area contributed by atoms with E-state index < -0.39 is 0 Å². The van der Waals surface area contributed by atoms with Crippen LogP contribution in [0.15, 0.2) is 48.7 Å². The first-order valence-electron chi connectivity index (χ1n) is 6.89. The summed E-state index contributed by atoms with van der Waals surface area (Å²) in [5.41, 5.74) is 0.648. The average molecular weight is 296 g/mol. The maximum absolute atomic E-state index is 12.3. The van der Waals surface area contributed by atoms with Crippen LogP contribution in [-0.2, 0) is 0 Å². The van der Waals surface area contributed by atoms with Gasteiger partial charge in [0.25, 0.3) is 5.91 Å². The Morgan fingerprint density at radius 3 is 2.62 bits per heavy atom. The Kier molecular flexibility index (Phi) is 3.71. The van der Waals surface area contributed by atoms with Crippen molar-refractivity contribution in [3.63, 3.8) is 0 Å². The second-order valence-corrected chi connectivity index (χ2v) is 6.30. The third-order valence-corrected chi connectivity index (χ3v) is 4.54. The van der Waals surface area contributed by atoms with Crippen LogP contribution >= 0.6 is 11.3 Å². The molecule has 2 aromatic carbocycles. The van der Waals surface area contributed by atoms with Crippen LogP contribution in [0.2, 0.25) is 0 Å². The number of amides is 1. The van der Waals surface area contributed by atoms with Crippen LogP contribution in [-0.4, -0.2) is 10.9 Å². The molecule has 0 unspecified atom stereocenters. The lowest BCUT2D eigenvalue weighted by Crippen LogP contribution is -2.11. The lowest BCUT2D eigenvalue weighted by atomic mass is 10.1. The molecule has 0 aliphatic heterocycles. The fourth-order valence-corrected chi connectivity index (χ4v) is 2.92. The molecule has 3 nitrogen and oxygen atoms in total. The molecule has 3 aromatic rings. The Bertz CT molecular complexity index is 792. The van der Waals surface area contributed by atoms with E-state index >= 15 is 0 Å². The first kappa shape index (κ1) is 13.8. The van der Waals surface area contributed by atoms with Crippen molar-refractivity contribution >= 4 is 33.1 Å². The number of hydrogen-bond donors (Lipinski definition) is 1. The standard InChI is InChI=1S/C17H16N2OS/c1-11(2)15-10-18-17(21-15)19-16(20)14-8-7-12-5-3-4-6-13(12)9-14/h3-11H,1-2H3,(H,18,19,20). The fraction of sp³-hybridized carbons (Fsp3) is 0.176. The summed E-state index contributed by atoms with van der Waals surface area (Å²) in [5, 5.41) is 5.71. The zero-order valence-electron chi connectivity index (χ0n) is 12.0. The smallest absolute Gasteiger partial charge is 0.257 e. The van der Waals surface area contributed by atoms with Gasteiger partial charge in [0.15, 0.2) is 5.13 Å². The van der Waals surface area contributed by atoms with Gasteiger partial charge in [-0.25, -0.2) is 4.98 Å². The van der Waals surface area contributed by atoms with Crippen LogP contribution in [0, 0.1) is 0 Å². The molecule has 106 valence electrons. The number of nitrogens with zero attached hydrogens (tertiary/aromatic N) is 1. The van der Waals surface area contributed by atoms with Crippen molar-refractivity contribution in [1.29, 1.82) is 0 Å². The molecule has 0 bridgehead atoms. The highest BCUT2D eigenvalue weighted by Crippen LogP contribution is 2.25. The molecule has 0 atom stereocenters. The number of carbonyl (C=O) groups is 1. The van der Waals surface area contributed by atoms with Gasteiger partial charge in [-0.2, -0.15) is 0 Å². The highest BCUT2D eigenvalue weighted by Gasteiger charge is 2.11. The SMILES string of the molecule is CC(C)c1cnc(NC(=O)c2ccc3ccccc3c2)s1. The molecular formula is C17H16N2OS. The Balaban J connectivity index is 1.82. The molecule has 4 heteroatoms. The van der Waals surface area contributed by atoms with E-state index in [1.54, 1.807) is 0 Å². The van der Waals surface area contributed by atoms with E-state index in [1.807, 2.05) is 48.7 Å². The predicted molar refractivity (Wildman–Crippen MR) is 88.1 cm³/mol. The number of hydrogen-bond acceptors (Lipinski definition) is 3. The number of fused-ring (bicyclic) bond motifs is 1. The number of anilines is 1. The lowest BCUT2D eigenvalue weighted by molar-refractivity contribution is 0.102. The summed E-state index contributed by atoms with van der Waals surface area (Å²) in [5.74, 6) is 0.305. The van der Waals surface area contributed by atoms with Crippen molar-refractivity contribution in [2.45, 2.75) is 19.8 Å². The van der Waals surface area contributed by atoms with E-state index in [4.69, 9.17) is 0 Å². The molecule has 1 N–H and O–H groups in total. The average Bonchev–Trinajstić information content (AvgIpc) is 2.95. The summed E-state index contributed by atoms with van der Waals surface area (Å²) in [6.45, 7) is 4.23. The van der Waals surface area contributed by atoms with Gasteiger partial charge in [-0.05, 0) is 28.8 Å². The molecule has 0 fully saturated rings. The molecule has 1 aromatic heterocycles. The second kappa shape index (κ2) is 5.66. The minimum Gasteiger partial charge on any atom is -0.298 e. The number of benzene rings is 2.